The first-order valence-electron chi connectivity index (χ1n) is 5.34. The summed E-state index contributed by atoms with van der Waals surface area (Å²) in [7, 11) is 0. The van der Waals surface area contributed by atoms with E-state index < -0.39 is 5.97 Å². The Morgan fingerprint density at radius 1 is 1.31 bits per heavy atom. The van der Waals surface area contributed by atoms with Gasteiger partial charge >= 0.3 is 5.97 Å². The monoisotopic (exact) mass is 222 g/mol. The molecule has 2 rings (SSSR count). The molecular formula is C11H14N2O3. The lowest BCUT2D eigenvalue weighted by molar-refractivity contribution is -0.137. The fourth-order valence-corrected chi connectivity index (χ4v) is 1.97. The van der Waals surface area contributed by atoms with Gasteiger partial charge in [-0.05, 0) is 25.0 Å². The van der Waals surface area contributed by atoms with E-state index in [-0.39, 0.29) is 12.5 Å². The highest BCUT2D eigenvalue weighted by Gasteiger charge is 2.22. The Bertz CT molecular complexity index is 405. The van der Waals surface area contributed by atoms with Crippen LogP contribution in [-0.2, 0) is 11.3 Å². The van der Waals surface area contributed by atoms with Crippen molar-refractivity contribution in [1.29, 1.82) is 0 Å². The Kier molecular flexibility index (Phi) is 2.94. The van der Waals surface area contributed by atoms with Crippen LogP contribution in [0.1, 0.15) is 23.3 Å². The van der Waals surface area contributed by atoms with E-state index in [1.54, 1.807) is 23.2 Å². The molecule has 1 aliphatic rings. The molecular weight excluding hydrogens is 208 g/mol. The number of carbonyl (C=O) groups excluding carboxylic acids is 1. The fraction of sp³-hybridized carbons (Fsp3) is 0.455. The number of aliphatic carboxylic acids is 1. The van der Waals surface area contributed by atoms with Gasteiger partial charge in [-0.3, -0.25) is 9.59 Å². The third-order valence-corrected chi connectivity index (χ3v) is 2.75. The number of likely N-dealkylation sites (tertiary alicyclic amines) is 1. The van der Waals surface area contributed by atoms with Crippen LogP contribution in [0.2, 0.25) is 0 Å². The molecule has 1 aromatic rings. The number of hydrogen-bond acceptors (Lipinski definition) is 2. The van der Waals surface area contributed by atoms with E-state index in [1.165, 1.54) is 4.57 Å². The number of rotatable bonds is 3. The number of nitrogens with zero attached hydrogens (tertiary/aromatic N) is 2. The molecule has 0 aromatic carbocycles. The number of aromatic nitrogens is 1. The van der Waals surface area contributed by atoms with Crippen LogP contribution in [0.5, 0.6) is 0 Å². The Hall–Kier alpha value is -1.78. The second-order valence-electron chi connectivity index (χ2n) is 3.91. The summed E-state index contributed by atoms with van der Waals surface area (Å²) < 4.78 is 1.48. The van der Waals surface area contributed by atoms with Crippen LogP contribution in [0.25, 0.3) is 0 Å². The highest BCUT2D eigenvalue weighted by Crippen LogP contribution is 2.13. The van der Waals surface area contributed by atoms with Crippen LogP contribution in [-0.4, -0.2) is 39.5 Å². The smallest absolute Gasteiger partial charge is 0.323 e. The molecule has 0 radical (unpaired) electrons. The molecule has 86 valence electrons. The Balaban J connectivity index is 2.16. The predicted octanol–water partition coefficient (Wildman–Crippen LogP) is 0.809. The second kappa shape index (κ2) is 4.38. The maximum Gasteiger partial charge on any atom is 0.323 e. The molecule has 2 heterocycles. The quantitative estimate of drug-likeness (QED) is 0.823. The first-order valence-corrected chi connectivity index (χ1v) is 5.34. The predicted molar refractivity (Wildman–Crippen MR) is 57.2 cm³/mol. The van der Waals surface area contributed by atoms with Crippen LogP contribution in [0.4, 0.5) is 0 Å². The molecule has 5 nitrogen and oxygen atoms in total. The first kappa shape index (κ1) is 10.7. The lowest BCUT2D eigenvalue weighted by atomic mass is 10.3. The Morgan fingerprint density at radius 3 is 2.62 bits per heavy atom. The lowest BCUT2D eigenvalue weighted by Gasteiger charge is -2.16. The van der Waals surface area contributed by atoms with Gasteiger partial charge in [-0.15, -0.1) is 0 Å². The molecule has 16 heavy (non-hydrogen) atoms. The van der Waals surface area contributed by atoms with Gasteiger partial charge in [-0.2, -0.15) is 0 Å². The number of hydrogen-bond donors (Lipinski definition) is 1. The third-order valence-electron chi connectivity index (χ3n) is 2.75. The molecule has 0 aliphatic carbocycles. The average Bonchev–Trinajstić information content (AvgIpc) is 2.84. The molecule has 1 saturated heterocycles. The van der Waals surface area contributed by atoms with Gasteiger partial charge < -0.3 is 14.6 Å². The van der Waals surface area contributed by atoms with Crippen molar-refractivity contribution in [3.8, 4) is 0 Å². The molecule has 1 N–H and O–H groups in total. The highest BCUT2D eigenvalue weighted by molar-refractivity contribution is 5.93. The summed E-state index contributed by atoms with van der Waals surface area (Å²) >= 11 is 0. The minimum atomic E-state index is -0.938. The molecule has 1 aliphatic heterocycles. The minimum absolute atomic E-state index is 0.0660. The highest BCUT2D eigenvalue weighted by atomic mass is 16.4. The molecule has 0 unspecified atom stereocenters. The van der Waals surface area contributed by atoms with Crippen molar-refractivity contribution in [2.75, 3.05) is 13.1 Å². The molecule has 1 fully saturated rings. The van der Waals surface area contributed by atoms with E-state index in [1.807, 2.05) is 0 Å². The summed E-state index contributed by atoms with van der Waals surface area (Å²) in [6.07, 6.45) is 3.69. The summed E-state index contributed by atoms with van der Waals surface area (Å²) in [5.41, 5.74) is 0.462. The maximum absolute atomic E-state index is 12.0. The van der Waals surface area contributed by atoms with Crippen molar-refractivity contribution in [2.24, 2.45) is 0 Å². The van der Waals surface area contributed by atoms with Gasteiger partial charge in [-0.1, -0.05) is 0 Å². The zero-order valence-electron chi connectivity index (χ0n) is 8.93. The van der Waals surface area contributed by atoms with Crippen LogP contribution in [0, 0.1) is 0 Å². The van der Waals surface area contributed by atoms with E-state index in [4.69, 9.17) is 5.11 Å². The zero-order valence-corrected chi connectivity index (χ0v) is 8.93. The molecule has 0 saturated carbocycles. The maximum atomic E-state index is 12.0. The topological polar surface area (TPSA) is 62.5 Å². The van der Waals surface area contributed by atoms with Crippen molar-refractivity contribution < 1.29 is 14.7 Å². The van der Waals surface area contributed by atoms with Gasteiger partial charge in [0.2, 0.25) is 0 Å². The van der Waals surface area contributed by atoms with E-state index in [9.17, 15) is 9.59 Å². The largest absolute Gasteiger partial charge is 0.480 e. The van der Waals surface area contributed by atoms with Crippen LogP contribution in [0.3, 0.4) is 0 Å². The summed E-state index contributed by atoms with van der Waals surface area (Å²) in [4.78, 5) is 24.4. The zero-order chi connectivity index (χ0) is 11.5. The van der Waals surface area contributed by atoms with E-state index in [0.29, 0.717) is 5.69 Å². The summed E-state index contributed by atoms with van der Waals surface area (Å²) in [6.45, 7) is 1.39. The normalized spacial score (nSPS) is 15.4. The van der Waals surface area contributed by atoms with Gasteiger partial charge in [0.05, 0.1) is 0 Å². The van der Waals surface area contributed by atoms with Gasteiger partial charge in [0.1, 0.15) is 12.2 Å². The molecule has 5 heteroatoms. The van der Waals surface area contributed by atoms with E-state index in [2.05, 4.69) is 0 Å². The van der Waals surface area contributed by atoms with Crippen LogP contribution in [0.15, 0.2) is 18.3 Å². The fourth-order valence-electron chi connectivity index (χ4n) is 1.97. The van der Waals surface area contributed by atoms with Gasteiger partial charge in [-0.25, -0.2) is 0 Å². The summed E-state index contributed by atoms with van der Waals surface area (Å²) in [5.74, 6) is -1.00. The second-order valence-corrected chi connectivity index (χ2v) is 3.91. The van der Waals surface area contributed by atoms with E-state index >= 15 is 0 Å². The number of carboxylic acid groups (broad SMARTS) is 1. The van der Waals surface area contributed by atoms with Crippen molar-refractivity contribution in [3.05, 3.63) is 24.0 Å². The Labute approximate surface area is 93.3 Å². The molecule has 1 amide bonds. The SMILES string of the molecule is O=C(O)Cn1cccc1C(=O)N1CCCC1. The van der Waals surface area contributed by atoms with Crippen molar-refractivity contribution in [2.45, 2.75) is 19.4 Å². The number of carbonyl (C=O) groups is 2. The van der Waals surface area contributed by atoms with Gasteiger partial charge in [0, 0.05) is 19.3 Å². The van der Waals surface area contributed by atoms with Crippen molar-refractivity contribution >= 4 is 11.9 Å². The van der Waals surface area contributed by atoms with Crippen molar-refractivity contribution in [3.63, 3.8) is 0 Å². The molecule has 0 spiro atoms. The number of amides is 1. The summed E-state index contributed by atoms with van der Waals surface area (Å²) in [5, 5.41) is 8.71. The Morgan fingerprint density at radius 2 is 2.00 bits per heavy atom. The number of carboxylic acids is 1. The van der Waals surface area contributed by atoms with Crippen molar-refractivity contribution in [1.82, 2.24) is 9.47 Å². The first-order chi connectivity index (χ1) is 7.68. The molecule has 0 bridgehead atoms. The molecule has 0 atom stereocenters. The molecule has 1 aromatic heterocycles. The van der Waals surface area contributed by atoms with E-state index in [0.717, 1.165) is 25.9 Å². The van der Waals surface area contributed by atoms with Gasteiger partial charge in [0.15, 0.2) is 0 Å². The standard InChI is InChI=1S/C11H14N2O3/c14-10(15)8-13-7-3-4-9(13)11(16)12-5-1-2-6-12/h3-4,7H,1-2,5-6,8H2,(H,14,15). The third kappa shape index (κ3) is 2.08. The van der Waals surface area contributed by atoms with Crippen LogP contribution >= 0.6 is 0 Å². The van der Waals surface area contributed by atoms with Crippen LogP contribution < -0.4 is 0 Å². The summed E-state index contributed by atoms with van der Waals surface area (Å²) in [6, 6.07) is 3.37. The average molecular weight is 222 g/mol. The lowest BCUT2D eigenvalue weighted by Crippen LogP contribution is -2.30. The van der Waals surface area contributed by atoms with Gasteiger partial charge in [0.25, 0.3) is 5.91 Å². The minimum Gasteiger partial charge on any atom is -0.480 e.